The predicted molar refractivity (Wildman–Crippen MR) is 96.4 cm³/mol. The normalized spacial score (nSPS) is 16.5. The summed E-state index contributed by atoms with van der Waals surface area (Å²) in [5.74, 6) is 0.506. The van der Waals surface area contributed by atoms with Crippen LogP contribution in [0.25, 0.3) is 0 Å². The molecule has 5 heteroatoms. The number of nitriles is 1. The summed E-state index contributed by atoms with van der Waals surface area (Å²) in [6.45, 7) is 2.24. The van der Waals surface area contributed by atoms with Crippen molar-refractivity contribution in [2.24, 2.45) is 5.92 Å². The Morgan fingerprint density at radius 3 is 2.96 bits per heavy atom. The Kier molecular flexibility index (Phi) is 4.74. The molecule has 1 aliphatic rings. The van der Waals surface area contributed by atoms with Gasteiger partial charge in [0.1, 0.15) is 11.1 Å². The van der Waals surface area contributed by atoms with Crippen LogP contribution in [0.15, 0.2) is 29.2 Å². The topological polar surface area (TPSA) is 52.9 Å². The van der Waals surface area contributed by atoms with Gasteiger partial charge in [-0.1, -0.05) is 19.1 Å². The summed E-state index contributed by atoms with van der Waals surface area (Å²) in [6, 6.07) is 9.84. The lowest BCUT2D eigenvalue weighted by atomic mass is 9.88. The Bertz CT molecular complexity index is 789. The van der Waals surface area contributed by atoms with Gasteiger partial charge in [0.2, 0.25) is 0 Å². The first-order chi connectivity index (χ1) is 11.1. The van der Waals surface area contributed by atoms with Crippen molar-refractivity contribution in [3.05, 3.63) is 45.8 Å². The zero-order valence-electron chi connectivity index (χ0n) is 13.2. The summed E-state index contributed by atoms with van der Waals surface area (Å²) < 4.78 is 0. The number of thioether (sulfide) groups is 1. The number of hydrogen-bond donors (Lipinski definition) is 1. The van der Waals surface area contributed by atoms with Crippen LogP contribution in [0.3, 0.4) is 0 Å². The lowest BCUT2D eigenvalue weighted by molar-refractivity contribution is 0.102. The van der Waals surface area contributed by atoms with Crippen LogP contribution >= 0.6 is 23.1 Å². The number of nitrogens with zero attached hydrogens (tertiary/aromatic N) is 1. The van der Waals surface area contributed by atoms with Gasteiger partial charge in [-0.05, 0) is 49.1 Å². The van der Waals surface area contributed by atoms with Gasteiger partial charge < -0.3 is 5.32 Å². The fraction of sp³-hybridized carbons (Fsp3) is 0.333. The second-order valence-corrected chi connectivity index (χ2v) is 7.78. The highest BCUT2D eigenvalue weighted by Gasteiger charge is 2.25. The Morgan fingerprint density at radius 1 is 1.43 bits per heavy atom. The van der Waals surface area contributed by atoms with Crippen molar-refractivity contribution in [1.82, 2.24) is 0 Å². The standard InChI is InChI=1S/C18H18N2OS2/c1-11-7-8-12-14(10-19)18(23-16(12)9-11)20-17(21)13-5-3-4-6-15(13)22-2/h3-6,11H,7-9H2,1-2H3,(H,20,21)/t11-/m0/s1. The maximum Gasteiger partial charge on any atom is 0.257 e. The van der Waals surface area contributed by atoms with Crippen LogP contribution in [0.1, 0.15) is 39.7 Å². The van der Waals surface area contributed by atoms with Crippen LogP contribution in [-0.2, 0) is 12.8 Å². The van der Waals surface area contributed by atoms with E-state index in [2.05, 4.69) is 18.3 Å². The molecule has 118 valence electrons. The molecule has 1 aromatic carbocycles. The summed E-state index contributed by atoms with van der Waals surface area (Å²) in [4.78, 5) is 14.8. The molecule has 1 heterocycles. The molecule has 1 atom stereocenters. The highest BCUT2D eigenvalue weighted by Crippen LogP contribution is 2.39. The molecule has 0 radical (unpaired) electrons. The number of fused-ring (bicyclic) bond motifs is 1. The molecule has 1 amide bonds. The van der Waals surface area contributed by atoms with E-state index in [-0.39, 0.29) is 5.91 Å². The van der Waals surface area contributed by atoms with Gasteiger partial charge in [0.05, 0.1) is 11.1 Å². The molecular formula is C18H18N2OS2. The van der Waals surface area contributed by atoms with E-state index in [1.165, 1.54) is 4.88 Å². The Hall–Kier alpha value is -1.77. The first-order valence-corrected chi connectivity index (χ1v) is 9.67. The summed E-state index contributed by atoms with van der Waals surface area (Å²) in [7, 11) is 0. The number of hydrogen-bond acceptors (Lipinski definition) is 4. The number of amides is 1. The molecule has 3 nitrogen and oxygen atoms in total. The first-order valence-electron chi connectivity index (χ1n) is 7.63. The van der Waals surface area contributed by atoms with E-state index >= 15 is 0 Å². The lowest BCUT2D eigenvalue weighted by Gasteiger charge is -2.17. The Labute approximate surface area is 144 Å². The molecule has 2 aromatic rings. The second-order valence-electron chi connectivity index (χ2n) is 5.82. The Morgan fingerprint density at radius 2 is 2.22 bits per heavy atom. The molecule has 0 aliphatic heterocycles. The van der Waals surface area contributed by atoms with Gasteiger partial charge in [-0.25, -0.2) is 0 Å². The highest BCUT2D eigenvalue weighted by molar-refractivity contribution is 7.98. The van der Waals surface area contributed by atoms with Crippen LogP contribution in [-0.4, -0.2) is 12.2 Å². The first kappa shape index (κ1) is 16.1. The van der Waals surface area contributed by atoms with Crippen LogP contribution in [0, 0.1) is 17.2 Å². The van der Waals surface area contributed by atoms with Crippen molar-refractivity contribution in [2.75, 3.05) is 11.6 Å². The van der Waals surface area contributed by atoms with E-state index in [1.54, 1.807) is 23.1 Å². The average Bonchev–Trinajstić information content (AvgIpc) is 2.90. The number of rotatable bonds is 3. The maximum atomic E-state index is 12.6. The van der Waals surface area contributed by atoms with E-state index in [0.29, 0.717) is 22.0 Å². The molecule has 0 saturated carbocycles. The molecule has 0 bridgehead atoms. The van der Waals surface area contributed by atoms with Crippen molar-refractivity contribution in [3.63, 3.8) is 0 Å². The van der Waals surface area contributed by atoms with E-state index in [9.17, 15) is 10.1 Å². The van der Waals surface area contributed by atoms with E-state index in [0.717, 1.165) is 29.7 Å². The van der Waals surface area contributed by atoms with Crippen molar-refractivity contribution >= 4 is 34.0 Å². The van der Waals surface area contributed by atoms with Crippen LogP contribution in [0.2, 0.25) is 0 Å². The molecule has 0 unspecified atom stereocenters. The van der Waals surface area contributed by atoms with Crippen molar-refractivity contribution < 1.29 is 4.79 Å². The number of nitrogens with one attached hydrogen (secondary N) is 1. The van der Waals surface area contributed by atoms with Crippen LogP contribution in [0.5, 0.6) is 0 Å². The second kappa shape index (κ2) is 6.77. The minimum absolute atomic E-state index is 0.141. The molecule has 3 rings (SSSR count). The van der Waals surface area contributed by atoms with Crippen molar-refractivity contribution in [2.45, 2.75) is 31.1 Å². The molecule has 0 spiro atoms. The van der Waals surface area contributed by atoms with Gasteiger partial charge in [0.15, 0.2) is 0 Å². The SMILES string of the molecule is CSc1ccccc1C(=O)Nc1sc2c(c1C#N)CC[C@H](C)C2. The smallest absolute Gasteiger partial charge is 0.257 e. The number of anilines is 1. The van der Waals surface area contributed by atoms with Gasteiger partial charge in [-0.15, -0.1) is 23.1 Å². The monoisotopic (exact) mass is 342 g/mol. The number of carbonyl (C=O) groups excluding carboxylic acids is 1. The number of carbonyl (C=O) groups is 1. The Balaban J connectivity index is 1.91. The zero-order valence-corrected chi connectivity index (χ0v) is 14.8. The molecule has 1 aromatic heterocycles. The van der Waals surface area contributed by atoms with E-state index in [1.807, 2.05) is 30.5 Å². The van der Waals surface area contributed by atoms with Gasteiger partial charge in [-0.2, -0.15) is 5.26 Å². The molecule has 0 saturated heterocycles. The largest absolute Gasteiger partial charge is 0.312 e. The molecular weight excluding hydrogens is 324 g/mol. The van der Waals surface area contributed by atoms with Gasteiger partial charge in [0.25, 0.3) is 5.91 Å². The molecule has 1 aliphatic carbocycles. The highest BCUT2D eigenvalue weighted by atomic mass is 32.2. The summed E-state index contributed by atoms with van der Waals surface area (Å²) >= 11 is 3.11. The average molecular weight is 342 g/mol. The van der Waals surface area contributed by atoms with Gasteiger partial charge >= 0.3 is 0 Å². The lowest BCUT2D eigenvalue weighted by Crippen LogP contribution is -2.13. The van der Waals surface area contributed by atoms with Crippen molar-refractivity contribution in [1.29, 1.82) is 5.26 Å². The van der Waals surface area contributed by atoms with Crippen LogP contribution < -0.4 is 5.32 Å². The zero-order chi connectivity index (χ0) is 16.4. The predicted octanol–water partition coefficient (Wildman–Crippen LogP) is 4.72. The summed E-state index contributed by atoms with van der Waals surface area (Å²) in [6.07, 6.45) is 5.01. The third kappa shape index (κ3) is 3.15. The number of thiophene rings is 1. The van der Waals surface area contributed by atoms with Crippen molar-refractivity contribution in [3.8, 4) is 6.07 Å². The summed E-state index contributed by atoms with van der Waals surface area (Å²) in [5, 5.41) is 13.2. The van der Waals surface area contributed by atoms with Crippen LogP contribution in [0.4, 0.5) is 5.00 Å². The molecule has 1 N–H and O–H groups in total. The third-order valence-electron chi connectivity index (χ3n) is 4.20. The van der Waals surface area contributed by atoms with Gasteiger partial charge in [0, 0.05) is 9.77 Å². The quantitative estimate of drug-likeness (QED) is 0.821. The maximum absolute atomic E-state index is 12.6. The van der Waals surface area contributed by atoms with E-state index < -0.39 is 0 Å². The fourth-order valence-corrected chi connectivity index (χ4v) is 4.91. The fourth-order valence-electron chi connectivity index (χ4n) is 2.96. The van der Waals surface area contributed by atoms with E-state index in [4.69, 9.17) is 0 Å². The van der Waals surface area contributed by atoms with Gasteiger partial charge in [-0.3, -0.25) is 4.79 Å². The third-order valence-corrected chi connectivity index (χ3v) is 6.17. The number of benzene rings is 1. The molecule has 0 fully saturated rings. The minimum atomic E-state index is -0.141. The molecule has 23 heavy (non-hydrogen) atoms. The minimum Gasteiger partial charge on any atom is -0.312 e. The summed E-state index contributed by atoms with van der Waals surface area (Å²) in [5.41, 5.74) is 2.46.